The predicted octanol–water partition coefficient (Wildman–Crippen LogP) is 0.423. The second-order valence-electron chi connectivity index (χ2n) is 2.12. The largest absolute Gasteiger partial charge is 0.335 e. The van der Waals surface area contributed by atoms with Crippen LogP contribution in [0.15, 0.2) is 25.2 Å². The summed E-state index contributed by atoms with van der Waals surface area (Å²) >= 11 is 0. The van der Waals surface area contributed by atoms with Crippen LogP contribution in [-0.2, 0) is 4.79 Å². The number of nitrogens with one attached hydrogen (secondary N) is 1. The van der Waals surface area contributed by atoms with Crippen LogP contribution in [0.4, 0.5) is 0 Å². The molecule has 1 aliphatic rings. The molecule has 1 rings (SSSR count). The summed E-state index contributed by atoms with van der Waals surface area (Å²) in [6.07, 6.45) is 2.17. The van der Waals surface area contributed by atoms with E-state index in [2.05, 4.69) is 18.5 Å². The molecule has 0 saturated carbocycles. The van der Waals surface area contributed by atoms with Gasteiger partial charge in [0.05, 0.1) is 0 Å². The fourth-order valence-corrected chi connectivity index (χ4v) is 0.854. The van der Waals surface area contributed by atoms with Gasteiger partial charge >= 0.3 is 0 Å². The summed E-state index contributed by atoms with van der Waals surface area (Å²) in [5, 5.41) is 2.60. The molecule has 54 valence electrons. The lowest BCUT2D eigenvalue weighted by Crippen LogP contribution is -2.39. The summed E-state index contributed by atoms with van der Waals surface area (Å²) in [5.74, 6) is 0.648. The van der Waals surface area contributed by atoms with Crippen LogP contribution in [0.5, 0.6) is 0 Å². The third-order valence-electron chi connectivity index (χ3n) is 1.43. The molecule has 3 nitrogen and oxygen atoms in total. The molecule has 0 aliphatic carbocycles. The smallest absolute Gasteiger partial charge is 0.227 e. The summed E-state index contributed by atoms with van der Waals surface area (Å²) in [5.41, 5.74) is 0. The minimum Gasteiger partial charge on any atom is -0.335 e. The molecule has 1 saturated heterocycles. The van der Waals surface area contributed by atoms with E-state index >= 15 is 0 Å². The Balaban J connectivity index is 2.59. The van der Waals surface area contributed by atoms with E-state index < -0.39 is 0 Å². The van der Waals surface area contributed by atoms with Crippen molar-refractivity contribution < 1.29 is 4.79 Å². The Kier molecular flexibility index (Phi) is 1.76. The van der Waals surface area contributed by atoms with Crippen LogP contribution in [-0.4, -0.2) is 17.4 Å². The number of nitrogens with zero attached hydrogens (tertiary/aromatic N) is 1. The summed E-state index contributed by atoms with van der Waals surface area (Å²) in [4.78, 5) is 12.5. The summed E-state index contributed by atoms with van der Waals surface area (Å²) < 4.78 is 0. The van der Waals surface area contributed by atoms with Gasteiger partial charge in [-0.15, -0.1) is 0 Å². The number of hydrogen-bond donors (Lipinski definition) is 1. The van der Waals surface area contributed by atoms with Crippen LogP contribution in [0.25, 0.3) is 0 Å². The Labute approximate surface area is 60.0 Å². The molecule has 0 aromatic heterocycles. The molecule has 10 heavy (non-hydrogen) atoms. The van der Waals surface area contributed by atoms with E-state index in [1.54, 1.807) is 11.1 Å². The zero-order chi connectivity index (χ0) is 7.56. The molecule has 0 aromatic carbocycles. The second-order valence-corrected chi connectivity index (χ2v) is 2.12. The van der Waals surface area contributed by atoms with Crippen LogP contribution in [0.2, 0.25) is 0 Å². The van der Waals surface area contributed by atoms with Crippen molar-refractivity contribution in [1.82, 2.24) is 10.2 Å². The van der Waals surface area contributed by atoms with Crippen molar-refractivity contribution in [2.75, 3.05) is 6.54 Å². The monoisotopic (exact) mass is 138 g/mol. The normalized spacial score (nSPS) is 18.6. The third-order valence-corrected chi connectivity index (χ3v) is 1.43. The number of rotatable bonds is 1. The predicted molar refractivity (Wildman–Crippen MR) is 38.8 cm³/mol. The summed E-state index contributed by atoms with van der Waals surface area (Å²) in [6, 6.07) is 0. The highest BCUT2D eigenvalue weighted by molar-refractivity contribution is 5.78. The fraction of sp³-hybridized carbons (Fsp3) is 0.286. The Bertz CT molecular complexity index is 186. The van der Waals surface area contributed by atoms with Gasteiger partial charge < -0.3 is 10.2 Å². The molecule has 0 atom stereocenters. The van der Waals surface area contributed by atoms with Gasteiger partial charge in [-0.3, -0.25) is 4.79 Å². The van der Waals surface area contributed by atoms with E-state index in [1.165, 1.54) is 0 Å². The lowest BCUT2D eigenvalue weighted by molar-refractivity contribution is -0.122. The molecule has 1 fully saturated rings. The Hall–Kier alpha value is -1.25. The van der Waals surface area contributed by atoms with E-state index in [1.807, 2.05) is 0 Å². The van der Waals surface area contributed by atoms with Crippen molar-refractivity contribution in [2.24, 2.45) is 0 Å². The van der Waals surface area contributed by atoms with Crippen LogP contribution in [0.3, 0.4) is 0 Å². The number of hydrogen-bond acceptors (Lipinski definition) is 2. The number of carbonyl (C=O) groups excluding carboxylic acids is 1. The average molecular weight is 138 g/mol. The van der Waals surface area contributed by atoms with Gasteiger partial charge in [-0.05, 0) is 6.20 Å². The first-order valence-electron chi connectivity index (χ1n) is 3.12. The van der Waals surface area contributed by atoms with Crippen LogP contribution < -0.4 is 5.32 Å². The molecular weight excluding hydrogens is 128 g/mol. The van der Waals surface area contributed by atoms with Gasteiger partial charge in [-0.1, -0.05) is 13.2 Å². The molecule has 0 radical (unpaired) electrons. The fourth-order valence-electron chi connectivity index (χ4n) is 0.854. The van der Waals surface area contributed by atoms with Crippen LogP contribution in [0, 0.1) is 0 Å². The van der Waals surface area contributed by atoms with Crippen molar-refractivity contribution in [3.05, 3.63) is 25.2 Å². The lowest BCUT2D eigenvalue weighted by Gasteiger charge is -2.26. The topological polar surface area (TPSA) is 32.3 Å². The molecule has 3 heteroatoms. The zero-order valence-electron chi connectivity index (χ0n) is 5.76. The van der Waals surface area contributed by atoms with Gasteiger partial charge in [0.15, 0.2) is 0 Å². The van der Waals surface area contributed by atoms with Gasteiger partial charge in [0.2, 0.25) is 5.91 Å². The van der Waals surface area contributed by atoms with E-state index in [0.717, 1.165) is 0 Å². The van der Waals surface area contributed by atoms with Crippen LogP contribution in [0.1, 0.15) is 6.42 Å². The first kappa shape index (κ1) is 6.86. The van der Waals surface area contributed by atoms with E-state index in [0.29, 0.717) is 18.8 Å². The zero-order valence-corrected chi connectivity index (χ0v) is 5.76. The maximum Gasteiger partial charge on any atom is 0.227 e. The van der Waals surface area contributed by atoms with Crippen molar-refractivity contribution in [3.63, 3.8) is 0 Å². The quantitative estimate of drug-likeness (QED) is 0.569. The highest BCUT2D eigenvalue weighted by Gasteiger charge is 2.14. The number of carbonyl (C=O) groups is 1. The maximum atomic E-state index is 10.7. The van der Waals surface area contributed by atoms with Crippen molar-refractivity contribution in [1.29, 1.82) is 0 Å². The Morgan fingerprint density at radius 2 is 2.40 bits per heavy atom. The highest BCUT2D eigenvalue weighted by atomic mass is 16.1. The van der Waals surface area contributed by atoms with Gasteiger partial charge in [-0.25, -0.2) is 0 Å². The van der Waals surface area contributed by atoms with Gasteiger partial charge in [0.1, 0.15) is 5.82 Å². The first-order valence-corrected chi connectivity index (χ1v) is 3.12. The average Bonchev–Trinajstić information content (AvgIpc) is 1.88. The SMILES string of the molecule is C=CN1CCC(=O)NC1=C. The van der Waals surface area contributed by atoms with Crippen molar-refractivity contribution in [2.45, 2.75) is 6.42 Å². The molecule has 0 bridgehead atoms. The molecule has 1 aliphatic heterocycles. The van der Waals surface area contributed by atoms with E-state index in [9.17, 15) is 4.79 Å². The van der Waals surface area contributed by atoms with Crippen LogP contribution >= 0.6 is 0 Å². The molecule has 0 spiro atoms. The molecule has 1 N–H and O–H groups in total. The maximum absolute atomic E-state index is 10.7. The summed E-state index contributed by atoms with van der Waals surface area (Å²) in [7, 11) is 0. The van der Waals surface area contributed by atoms with Crippen molar-refractivity contribution in [3.8, 4) is 0 Å². The minimum absolute atomic E-state index is 0.0306. The van der Waals surface area contributed by atoms with Gasteiger partial charge in [-0.2, -0.15) is 0 Å². The molecule has 0 aromatic rings. The van der Waals surface area contributed by atoms with Gasteiger partial charge in [0, 0.05) is 13.0 Å². The molecule has 1 heterocycles. The second kappa shape index (κ2) is 2.56. The van der Waals surface area contributed by atoms with E-state index in [4.69, 9.17) is 0 Å². The Morgan fingerprint density at radius 1 is 1.70 bits per heavy atom. The lowest BCUT2D eigenvalue weighted by atomic mass is 10.3. The minimum atomic E-state index is 0.0306. The Morgan fingerprint density at radius 3 is 2.90 bits per heavy atom. The molecular formula is C7H10N2O. The first-order chi connectivity index (χ1) is 4.74. The van der Waals surface area contributed by atoms with Crippen molar-refractivity contribution >= 4 is 5.91 Å². The summed E-state index contributed by atoms with van der Waals surface area (Å²) in [6.45, 7) is 7.90. The van der Waals surface area contributed by atoms with E-state index in [-0.39, 0.29) is 5.91 Å². The third kappa shape index (κ3) is 1.18. The number of amides is 1. The molecule has 0 unspecified atom stereocenters. The highest BCUT2D eigenvalue weighted by Crippen LogP contribution is 2.05. The molecule has 1 amide bonds. The van der Waals surface area contributed by atoms with Gasteiger partial charge in [0.25, 0.3) is 0 Å². The standard InChI is InChI=1S/C7H10N2O/c1-3-9-5-4-7(10)8-6(9)2/h3H,1-2,4-5H2,(H,8,10).